The Morgan fingerprint density at radius 3 is 2.28 bits per heavy atom. The third kappa shape index (κ3) is 7.45. The molecule has 0 aliphatic rings. The van der Waals surface area contributed by atoms with Crippen LogP contribution >= 0.6 is 0 Å². The fourth-order valence-corrected chi connectivity index (χ4v) is 2.91. The van der Waals surface area contributed by atoms with Crippen LogP contribution < -0.4 is 20.7 Å². The van der Waals surface area contributed by atoms with Gasteiger partial charge in [-0.05, 0) is 49.4 Å². The standard InChI is InChI=1S/C25H27N3O4/c1-2-31-14-15-32-23-13-7-10-20(17-23)26-18-24(29)27-21-11-6-12-22(16-21)28-25(30)19-8-4-3-5-9-19/h3-13,16-17,26H,2,14-15,18H2,1H3,(H,27,29)(H,28,30). The molecule has 0 heterocycles. The predicted molar refractivity (Wildman–Crippen MR) is 126 cm³/mol. The molecule has 2 amide bonds. The minimum absolute atomic E-state index is 0.0863. The van der Waals surface area contributed by atoms with Gasteiger partial charge in [0.15, 0.2) is 0 Å². The number of hydrogen-bond donors (Lipinski definition) is 3. The summed E-state index contributed by atoms with van der Waals surface area (Å²) in [5.41, 5.74) is 2.53. The lowest BCUT2D eigenvalue weighted by Gasteiger charge is -2.11. The maximum atomic E-state index is 12.4. The van der Waals surface area contributed by atoms with Gasteiger partial charge in [-0.15, -0.1) is 0 Å². The van der Waals surface area contributed by atoms with Crippen LogP contribution in [0.4, 0.5) is 17.1 Å². The quantitative estimate of drug-likeness (QED) is 0.390. The van der Waals surface area contributed by atoms with Crippen molar-refractivity contribution in [2.45, 2.75) is 6.92 Å². The van der Waals surface area contributed by atoms with Crippen LogP contribution in [0, 0.1) is 0 Å². The first kappa shape index (κ1) is 22.8. The van der Waals surface area contributed by atoms with E-state index in [1.807, 2.05) is 37.3 Å². The van der Waals surface area contributed by atoms with Crippen molar-refractivity contribution in [2.24, 2.45) is 0 Å². The molecule has 0 radical (unpaired) electrons. The molecule has 0 fully saturated rings. The smallest absolute Gasteiger partial charge is 0.255 e. The Kier molecular flexibility index (Phi) is 8.65. The molecule has 0 bridgehead atoms. The first-order valence-electron chi connectivity index (χ1n) is 10.4. The van der Waals surface area contributed by atoms with Gasteiger partial charge in [-0.1, -0.05) is 30.3 Å². The van der Waals surface area contributed by atoms with E-state index < -0.39 is 0 Å². The van der Waals surface area contributed by atoms with Crippen LogP contribution in [-0.4, -0.2) is 38.2 Å². The molecule has 166 valence electrons. The van der Waals surface area contributed by atoms with Crippen molar-refractivity contribution in [3.63, 3.8) is 0 Å². The second-order valence-corrected chi connectivity index (χ2v) is 6.88. The zero-order valence-electron chi connectivity index (χ0n) is 18.0. The van der Waals surface area contributed by atoms with Gasteiger partial charge >= 0.3 is 0 Å². The minimum Gasteiger partial charge on any atom is -0.491 e. The summed E-state index contributed by atoms with van der Waals surface area (Å²) in [6.45, 7) is 3.67. The number of hydrogen-bond acceptors (Lipinski definition) is 5. The Balaban J connectivity index is 1.49. The average molecular weight is 434 g/mol. The van der Waals surface area contributed by atoms with Crippen molar-refractivity contribution in [2.75, 3.05) is 42.3 Å². The number of anilines is 3. The SMILES string of the molecule is CCOCCOc1cccc(NCC(=O)Nc2cccc(NC(=O)c3ccccc3)c2)c1. The van der Waals surface area contributed by atoms with Gasteiger partial charge in [0.25, 0.3) is 5.91 Å². The van der Waals surface area contributed by atoms with Crippen molar-refractivity contribution in [3.05, 3.63) is 84.4 Å². The third-order valence-electron chi connectivity index (χ3n) is 4.43. The Morgan fingerprint density at radius 1 is 0.781 bits per heavy atom. The van der Waals surface area contributed by atoms with Crippen LogP contribution in [-0.2, 0) is 9.53 Å². The number of carbonyl (C=O) groups excluding carboxylic acids is 2. The Hall–Kier alpha value is -3.84. The molecule has 0 aromatic heterocycles. The molecule has 0 saturated heterocycles. The maximum Gasteiger partial charge on any atom is 0.255 e. The molecule has 0 aliphatic carbocycles. The van der Waals surface area contributed by atoms with Gasteiger partial charge < -0.3 is 25.4 Å². The largest absolute Gasteiger partial charge is 0.491 e. The highest BCUT2D eigenvalue weighted by molar-refractivity contribution is 6.04. The summed E-state index contributed by atoms with van der Waals surface area (Å²) in [5, 5.41) is 8.74. The average Bonchev–Trinajstić information content (AvgIpc) is 2.82. The lowest BCUT2D eigenvalue weighted by molar-refractivity contribution is -0.114. The molecule has 32 heavy (non-hydrogen) atoms. The van der Waals surface area contributed by atoms with E-state index in [1.54, 1.807) is 48.5 Å². The van der Waals surface area contributed by atoms with Crippen molar-refractivity contribution < 1.29 is 19.1 Å². The summed E-state index contributed by atoms with van der Waals surface area (Å²) in [6, 6.07) is 23.4. The van der Waals surface area contributed by atoms with Gasteiger partial charge in [-0.2, -0.15) is 0 Å². The number of rotatable bonds is 11. The molecule has 0 atom stereocenters. The van der Waals surface area contributed by atoms with E-state index in [0.29, 0.717) is 42.5 Å². The van der Waals surface area contributed by atoms with Crippen molar-refractivity contribution in [3.8, 4) is 5.75 Å². The molecule has 0 saturated carbocycles. The number of carbonyl (C=O) groups is 2. The molecule has 0 spiro atoms. The highest BCUT2D eigenvalue weighted by Gasteiger charge is 2.07. The normalized spacial score (nSPS) is 10.3. The highest BCUT2D eigenvalue weighted by Crippen LogP contribution is 2.18. The predicted octanol–water partition coefficient (Wildman–Crippen LogP) is 4.40. The number of nitrogens with one attached hydrogen (secondary N) is 3. The second kappa shape index (κ2) is 12.1. The van der Waals surface area contributed by atoms with Crippen LogP contribution in [0.3, 0.4) is 0 Å². The van der Waals surface area contributed by atoms with Crippen molar-refractivity contribution in [1.29, 1.82) is 0 Å². The van der Waals surface area contributed by atoms with E-state index in [0.717, 1.165) is 5.69 Å². The molecule has 3 aromatic carbocycles. The molecule has 0 aliphatic heterocycles. The van der Waals surface area contributed by atoms with Crippen LogP contribution in [0.15, 0.2) is 78.9 Å². The molecular weight excluding hydrogens is 406 g/mol. The molecule has 3 aromatic rings. The lowest BCUT2D eigenvalue weighted by Crippen LogP contribution is -2.22. The highest BCUT2D eigenvalue weighted by atomic mass is 16.5. The van der Waals surface area contributed by atoms with E-state index in [1.165, 1.54) is 0 Å². The van der Waals surface area contributed by atoms with E-state index in [4.69, 9.17) is 9.47 Å². The van der Waals surface area contributed by atoms with E-state index in [-0.39, 0.29) is 18.4 Å². The van der Waals surface area contributed by atoms with Gasteiger partial charge in [0.05, 0.1) is 13.2 Å². The van der Waals surface area contributed by atoms with Crippen LogP contribution in [0.2, 0.25) is 0 Å². The minimum atomic E-state index is -0.209. The zero-order valence-corrected chi connectivity index (χ0v) is 18.0. The summed E-state index contributed by atoms with van der Waals surface area (Å²) in [7, 11) is 0. The fourth-order valence-electron chi connectivity index (χ4n) is 2.91. The zero-order chi connectivity index (χ0) is 22.6. The van der Waals surface area contributed by atoms with Gasteiger partial charge in [0, 0.05) is 35.3 Å². The molecular formula is C25H27N3O4. The van der Waals surface area contributed by atoms with Crippen molar-refractivity contribution >= 4 is 28.9 Å². The number of ether oxygens (including phenoxy) is 2. The summed E-state index contributed by atoms with van der Waals surface area (Å²) >= 11 is 0. The number of amides is 2. The lowest BCUT2D eigenvalue weighted by atomic mass is 10.2. The number of benzene rings is 3. The monoisotopic (exact) mass is 433 g/mol. The summed E-state index contributed by atoms with van der Waals surface area (Å²) in [4.78, 5) is 24.7. The van der Waals surface area contributed by atoms with Crippen LogP contribution in [0.25, 0.3) is 0 Å². The third-order valence-corrected chi connectivity index (χ3v) is 4.43. The van der Waals surface area contributed by atoms with Gasteiger partial charge in [0.2, 0.25) is 5.91 Å². The maximum absolute atomic E-state index is 12.4. The molecule has 7 nitrogen and oxygen atoms in total. The van der Waals surface area contributed by atoms with Crippen LogP contribution in [0.1, 0.15) is 17.3 Å². The summed E-state index contributed by atoms with van der Waals surface area (Å²) in [5.74, 6) is 0.287. The van der Waals surface area contributed by atoms with Crippen molar-refractivity contribution in [1.82, 2.24) is 0 Å². The topological polar surface area (TPSA) is 88.7 Å². The Labute approximate surface area is 187 Å². The Morgan fingerprint density at radius 2 is 1.50 bits per heavy atom. The van der Waals surface area contributed by atoms with Gasteiger partial charge in [-0.3, -0.25) is 9.59 Å². The molecule has 3 N–H and O–H groups in total. The molecule has 0 unspecified atom stereocenters. The van der Waals surface area contributed by atoms with Crippen LogP contribution in [0.5, 0.6) is 5.75 Å². The van der Waals surface area contributed by atoms with E-state index >= 15 is 0 Å². The van der Waals surface area contributed by atoms with Gasteiger partial charge in [0.1, 0.15) is 12.4 Å². The summed E-state index contributed by atoms with van der Waals surface area (Å²) < 4.78 is 10.9. The first-order chi connectivity index (χ1) is 15.6. The second-order valence-electron chi connectivity index (χ2n) is 6.88. The van der Waals surface area contributed by atoms with E-state index in [2.05, 4.69) is 16.0 Å². The Bertz CT molecular complexity index is 1020. The van der Waals surface area contributed by atoms with Gasteiger partial charge in [-0.25, -0.2) is 0 Å². The molecule has 3 rings (SSSR count). The summed E-state index contributed by atoms with van der Waals surface area (Å²) in [6.07, 6.45) is 0. The van der Waals surface area contributed by atoms with E-state index in [9.17, 15) is 9.59 Å². The first-order valence-corrected chi connectivity index (χ1v) is 10.4. The fraction of sp³-hybridized carbons (Fsp3) is 0.200. The molecule has 7 heteroatoms.